The van der Waals surface area contributed by atoms with E-state index in [1.807, 2.05) is 38.4 Å². The Morgan fingerprint density at radius 3 is 2.73 bits per heavy atom. The average Bonchev–Trinajstić information content (AvgIpc) is 3.28. The maximum absolute atomic E-state index is 12.7. The van der Waals surface area contributed by atoms with E-state index in [1.165, 1.54) is 6.39 Å². The Morgan fingerprint density at radius 1 is 1.03 bits per heavy atom. The molecular weight excluding hydrogens is 380 g/mol. The third-order valence-corrected chi connectivity index (χ3v) is 4.57. The molecule has 0 bridgehead atoms. The van der Waals surface area contributed by atoms with E-state index in [9.17, 15) is 4.79 Å². The number of anilines is 2. The van der Waals surface area contributed by atoms with Crippen molar-refractivity contribution < 1.29 is 9.21 Å². The fourth-order valence-electron chi connectivity index (χ4n) is 2.99. The molecule has 3 heterocycles. The van der Waals surface area contributed by atoms with E-state index >= 15 is 0 Å². The molecule has 2 N–H and O–H groups in total. The lowest BCUT2D eigenvalue weighted by Crippen LogP contribution is -2.21. The summed E-state index contributed by atoms with van der Waals surface area (Å²) in [7, 11) is 4.01. The van der Waals surface area contributed by atoms with Gasteiger partial charge >= 0.3 is 0 Å². The van der Waals surface area contributed by atoms with Crippen molar-refractivity contribution in [2.75, 3.05) is 37.8 Å². The van der Waals surface area contributed by atoms with E-state index in [0.717, 1.165) is 29.4 Å². The molecular formula is C22H22N6O2. The minimum Gasteiger partial charge on any atom is -0.444 e. The highest BCUT2D eigenvalue weighted by molar-refractivity contribution is 6.05. The molecule has 1 aromatic carbocycles. The van der Waals surface area contributed by atoms with Crippen LogP contribution in [0.25, 0.3) is 22.1 Å². The Kier molecular flexibility index (Phi) is 5.67. The van der Waals surface area contributed by atoms with Crippen LogP contribution in [0.3, 0.4) is 0 Å². The second kappa shape index (κ2) is 8.71. The SMILES string of the molecule is CN(C)CCNc1cc(C(=O)Nc2cc3cc(-c4cnco4)ccc3cn2)ccn1. The number of pyridine rings is 2. The molecule has 0 aliphatic rings. The van der Waals surface area contributed by atoms with Crippen molar-refractivity contribution in [2.45, 2.75) is 0 Å². The quantitative estimate of drug-likeness (QED) is 0.488. The number of nitrogens with one attached hydrogen (secondary N) is 2. The van der Waals surface area contributed by atoms with Crippen LogP contribution in [0.5, 0.6) is 0 Å². The van der Waals surface area contributed by atoms with E-state index in [0.29, 0.717) is 23.0 Å². The first-order chi connectivity index (χ1) is 14.6. The van der Waals surface area contributed by atoms with Gasteiger partial charge in [-0.25, -0.2) is 15.0 Å². The summed E-state index contributed by atoms with van der Waals surface area (Å²) in [6.45, 7) is 1.61. The Morgan fingerprint density at radius 2 is 1.93 bits per heavy atom. The van der Waals surface area contributed by atoms with Crippen LogP contribution in [0, 0.1) is 0 Å². The van der Waals surface area contributed by atoms with Gasteiger partial charge in [0, 0.05) is 42.0 Å². The van der Waals surface area contributed by atoms with Gasteiger partial charge in [0.15, 0.2) is 12.2 Å². The number of carbonyl (C=O) groups is 1. The maximum Gasteiger partial charge on any atom is 0.257 e. The number of carbonyl (C=O) groups excluding carboxylic acids is 1. The van der Waals surface area contributed by atoms with Crippen LogP contribution in [0.2, 0.25) is 0 Å². The van der Waals surface area contributed by atoms with Gasteiger partial charge in [-0.05, 0) is 43.7 Å². The van der Waals surface area contributed by atoms with Gasteiger partial charge in [-0.2, -0.15) is 0 Å². The van der Waals surface area contributed by atoms with Crippen LogP contribution >= 0.6 is 0 Å². The molecule has 0 fully saturated rings. The Balaban J connectivity index is 1.50. The Labute approximate surface area is 174 Å². The standard InChI is InChI=1S/C22H22N6O2/c1-28(2)8-7-25-20-10-16(5-6-24-20)22(29)27-21-11-18-9-15(19-13-23-14-30-19)3-4-17(18)12-26-21/h3-6,9-14H,7-8H2,1-2H3,(H,24,25)(H,26,27,29). The van der Waals surface area contributed by atoms with Gasteiger partial charge in [0.1, 0.15) is 11.6 Å². The Bertz CT molecular complexity index is 1160. The average molecular weight is 402 g/mol. The highest BCUT2D eigenvalue weighted by atomic mass is 16.3. The molecule has 0 aliphatic carbocycles. The van der Waals surface area contributed by atoms with E-state index < -0.39 is 0 Å². The summed E-state index contributed by atoms with van der Waals surface area (Å²) in [4.78, 5) is 27.3. The minimum absolute atomic E-state index is 0.244. The monoisotopic (exact) mass is 402 g/mol. The molecule has 0 unspecified atom stereocenters. The largest absolute Gasteiger partial charge is 0.444 e. The summed E-state index contributed by atoms with van der Waals surface area (Å²) < 4.78 is 5.36. The second-order valence-corrected chi connectivity index (χ2v) is 7.11. The van der Waals surface area contributed by atoms with Crippen molar-refractivity contribution in [3.8, 4) is 11.3 Å². The fourth-order valence-corrected chi connectivity index (χ4v) is 2.99. The zero-order valence-corrected chi connectivity index (χ0v) is 16.8. The number of fused-ring (bicyclic) bond motifs is 1. The van der Waals surface area contributed by atoms with Gasteiger partial charge in [0.2, 0.25) is 0 Å². The van der Waals surface area contributed by atoms with Gasteiger partial charge in [-0.1, -0.05) is 12.1 Å². The van der Waals surface area contributed by atoms with Crippen molar-refractivity contribution in [3.63, 3.8) is 0 Å². The first kappa shape index (κ1) is 19.5. The summed E-state index contributed by atoms with van der Waals surface area (Å²) >= 11 is 0. The molecule has 4 rings (SSSR count). The topological polar surface area (TPSA) is 96.2 Å². The number of hydrogen-bond acceptors (Lipinski definition) is 7. The molecule has 0 radical (unpaired) electrons. The third-order valence-electron chi connectivity index (χ3n) is 4.57. The molecule has 30 heavy (non-hydrogen) atoms. The van der Waals surface area contributed by atoms with Gasteiger partial charge in [0.25, 0.3) is 5.91 Å². The molecule has 8 heteroatoms. The summed E-state index contributed by atoms with van der Waals surface area (Å²) in [5.74, 6) is 1.57. The third kappa shape index (κ3) is 4.61. The van der Waals surface area contributed by atoms with E-state index in [1.54, 1.807) is 30.7 Å². The zero-order chi connectivity index (χ0) is 20.9. The number of nitrogens with zero attached hydrogens (tertiary/aromatic N) is 4. The normalized spacial score (nSPS) is 11.0. The molecule has 0 saturated heterocycles. The predicted molar refractivity (Wildman–Crippen MR) is 116 cm³/mol. The molecule has 0 aliphatic heterocycles. The van der Waals surface area contributed by atoms with Crippen LogP contribution in [0.15, 0.2) is 65.8 Å². The summed E-state index contributed by atoms with van der Waals surface area (Å²) in [6, 6.07) is 11.1. The fraction of sp³-hybridized carbons (Fsp3) is 0.182. The van der Waals surface area contributed by atoms with Crippen LogP contribution in [-0.4, -0.2) is 52.9 Å². The van der Waals surface area contributed by atoms with Gasteiger partial charge < -0.3 is 20.0 Å². The lowest BCUT2D eigenvalue weighted by molar-refractivity contribution is 0.102. The molecule has 8 nitrogen and oxygen atoms in total. The van der Waals surface area contributed by atoms with Crippen molar-refractivity contribution in [3.05, 3.63) is 66.9 Å². The zero-order valence-electron chi connectivity index (χ0n) is 16.8. The summed E-state index contributed by atoms with van der Waals surface area (Å²) in [5, 5.41) is 7.98. The van der Waals surface area contributed by atoms with Gasteiger partial charge in [0.05, 0.1) is 6.20 Å². The van der Waals surface area contributed by atoms with Crippen LogP contribution < -0.4 is 10.6 Å². The molecule has 0 atom stereocenters. The highest BCUT2D eigenvalue weighted by Crippen LogP contribution is 2.25. The molecule has 152 valence electrons. The van der Waals surface area contributed by atoms with E-state index in [2.05, 4.69) is 30.5 Å². The van der Waals surface area contributed by atoms with E-state index in [-0.39, 0.29) is 5.91 Å². The molecule has 4 aromatic rings. The lowest BCUT2D eigenvalue weighted by atomic mass is 10.1. The van der Waals surface area contributed by atoms with Crippen molar-refractivity contribution >= 4 is 28.3 Å². The second-order valence-electron chi connectivity index (χ2n) is 7.11. The number of rotatable bonds is 7. The molecule has 0 saturated carbocycles. The van der Waals surface area contributed by atoms with E-state index in [4.69, 9.17) is 4.42 Å². The van der Waals surface area contributed by atoms with Crippen LogP contribution in [0.4, 0.5) is 11.6 Å². The Hall–Kier alpha value is -3.78. The smallest absolute Gasteiger partial charge is 0.257 e. The molecule has 0 spiro atoms. The van der Waals surface area contributed by atoms with Crippen LogP contribution in [0.1, 0.15) is 10.4 Å². The van der Waals surface area contributed by atoms with Gasteiger partial charge in [-0.15, -0.1) is 0 Å². The summed E-state index contributed by atoms with van der Waals surface area (Å²) in [6.07, 6.45) is 6.41. The number of hydrogen-bond donors (Lipinski definition) is 2. The first-order valence-corrected chi connectivity index (χ1v) is 9.53. The molecule has 1 amide bonds. The van der Waals surface area contributed by atoms with Crippen molar-refractivity contribution in [1.82, 2.24) is 19.9 Å². The van der Waals surface area contributed by atoms with Crippen LogP contribution in [-0.2, 0) is 0 Å². The number of amides is 1. The predicted octanol–water partition coefficient (Wildman–Crippen LogP) is 3.51. The number of benzene rings is 1. The van der Waals surface area contributed by atoms with Crippen molar-refractivity contribution in [1.29, 1.82) is 0 Å². The number of likely N-dealkylation sites (N-methyl/N-ethyl adjacent to an activating group) is 1. The summed E-state index contributed by atoms with van der Waals surface area (Å²) in [5.41, 5.74) is 1.42. The maximum atomic E-state index is 12.7. The lowest BCUT2D eigenvalue weighted by Gasteiger charge is -2.11. The van der Waals surface area contributed by atoms with Gasteiger partial charge in [-0.3, -0.25) is 4.79 Å². The number of oxazole rings is 1. The number of aromatic nitrogens is 3. The van der Waals surface area contributed by atoms with Crippen molar-refractivity contribution in [2.24, 2.45) is 0 Å². The molecule has 3 aromatic heterocycles. The minimum atomic E-state index is -0.244. The highest BCUT2D eigenvalue weighted by Gasteiger charge is 2.10. The first-order valence-electron chi connectivity index (χ1n) is 9.53.